The molecule has 0 radical (unpaired) electrons. The van der Waals surface area contributed by atoms with Crippen molar-refractivity contribution in [2.75, 3.05) is 11.5 Å². The van der Waals surface area contributed by atoms with Gasteiger partial charge in [-0.1, -0.05) is 23.2 Å². The van der Waals surface area contributed by atoms with E-state index >= 15 is 0 Å². The molecule has 0 unspecified atom stereocenters. The van der Waals surface area contributed by atoms with Gasteiger partial charge in [0.25, 0.3) is 0 Å². The summed E-state index contributed by atoms with van der Waals surface area (Å²) in [6.45, 7) is 0. The van der Waals surface area contributed by atoms with Gasteiger partial charge in [-0.05, 0) is 35.8 Å². The Bertz CT molecular complexity index is 457. The van der Waals surface area contributed by atoms with Crippen LogP contribution in [0.15, 0.2) is 24.3 Å². The molecule has 0 spiro atoms. The molecule has 0 atom stereocenters. The number of hydrogen-bond donors (Lipinski definition) is 0. The van der Waals surface area contributed by atoms with Crippen molar-refractivity contribution in [2.45, 2.75) is 12.8 Å². The SMILES string of the molecule is Clc1ccc(CCSCCc2ccc(Cl)nn2)nn1. The summed E-state index contributed by atoms with van der Waals surface area (Å²) in [5.41, 5.74) is 1.92. The van der Waals surface area contributed by atoms with E-state index in [9.17, 15) is 0 Å². The van der Waals surface area contributed by atoms with Gasteiger partial charge >= 0.3 is 0 Å². The van der Waals surface area contributed by atoms with E-state index in [1.165, 1.54) is 0 Å². The van der Waals surface area contributed by atoms with Crippen LogP contribution < -0.4 is 0 Å². The second-order valence-electron chi connectivity index (χ2n) is 3.81. The Morgan fingerprint density at radius 1 is 0.737 bits per heavy atom. The van der Waals surface area contributed by atoms with Crippen LogP contribution in [0.4, 0.5) is 0 Å². The number of nitrogens with zero attached hydrogens (tertiary/aromatic N) is 4. The van der Waals surface area contributed by atoms with E-state index in [0.29, 0.717) is 10.3 Å². The van der Waals surface area contributed by atoms with Crippen LogP contribution in [0.5, 0.6) is 0 Å². The van der Waals surface area contributed by atoms with E-state index in [4.69, 9.17) is 23.2 Å². The van der Waals surface area contributed by atoms with E-state index in [0.717, 1.165) is 35.7 Å². The first kappa shape index (κ1) is 14.5. The van der Waals surface area contributed by atoms with Gasteiger partial charge in [-0.3, -0.25) is 0 Å². The summed E-state index contributed by atoms with van der Waals surface area (Å²) in [5, 5.41) is 16.5. The van der Waals surface area contributed by atoms with E-state index in [1.807, 2.05) is 23.9 Å². The Morgan fingerprint density at radius 2 is 1.21 bits per heavy atom. The smallest absolute Gasteiger partial charge is 0.151 e. The van der Waals surface area contributed by atoms with E-state index in [2.05, 4.69) is 20.4 Å². The molecule has 0 N–H and O–H groups in total. The predicted molar refractivity (Wildman–Crippen MR) is 78.8 cm³/mol. The normalized spacial score (nSPS) is 10.6. The molecule has 2 rings (SSSR count). The van der Waals surface area contributed by atoms with Crippen molar-refractivity contribution in [1.82, 2.24) is 20.4 Å². The third kappa shape index (κ3) is 5.30. The highest BCUT2D eigenvalue weighted by atomic mass is 35.5. The molecular weight excluding hydrogens is 303 g/mol. The molecule has 4 nitrogen and oxygen atoms in total. The Labute approximate surface area is 125 Å². The van der Waals surface area contributed by atoms with E-state index in [-0.39, 0.29) is 0 Å². The van der Waals surface area contributed by atoms with Crippen molar-refractivity contribution in [2.24, 2.45) is 0 Å². The van der Waals surface area contributed by atoms with Crippen LogP contribution in [-0.4, -0.2) is 31.9 Å². The van der Waals surface area contributed by atoms with Crippen LogP contribution in [0.3, 0.4) is 0 Å². The summed E-state index contributed by atoms with van der Waals surface area (Å²) in [7, 11) is 0. The second kappa shape index (κ2) is 7.62. The zero-order chi connectivity index (χ0) is 13.5. The molecule has 0 amide bonds. The summed E-state index contributed by atoms with van der Waals surface area (Å²) in [6, 6.07) is 7.33. The van der Waals surface area contributed by atoms with Crippen molar-refractivity contribution in [3.05, 3.63) is 46.0 Å². The number of aryl methyl sites for hydroxylation is 2. The lowest BCUT2D eigenvalue weighted by molar-refractivity contribution is 0.916. The van der Waals surface area contributed by atoms with Gasteiger partial charge in [0, 0.05) is 12.8 Å². The molecule has 2 heterocycles. The Balaban J connectivity index is 1.64. The molecule has 0 aliphatic carbocycles. The van der Waals surface area contributed by atoms with Crippen LogP contribution in [-0.2, 0) is 12.8 Å². The van der Waals surface area contributed by atoms with Gasteiger partial charge in [0.05, 0.1) is 11.4 Å². The minimum absolute atomic E-state index is 0.428. The molecule has 0 fully saturated rings. The molecule has 19 heavy (non-hydrogen) atoms. The molecule has 2 aromatic rings. The van der Waals surface area contributed by atoms with Crippen LogP contribution in [0.1, 0.15) is 11.4 Å². The van der Waals surface area contributed by atoms with Crippen molar-refractivity contribution >= 4 is 35.0 Å². The fourth-order valence-corrected chi connectivity index (χ4v) is 2.52. The Hall–Kier alpha value is -0.910. The lowest BCUT2D eigenvalue weighted by atomic mass is 10.3. The highest BCUT2D eigenvalue weighted by molar-refractivity contribution is 7.99. The third-order valence-corrected chi connectivity index (χ3v) is 3.77. The van der Waals surface area contributed by atoms with Gasteiger partial charge in [0.15, 0.2) is 10.3 Å². The predicted octanol–water partition coefficient (Wildman–Crippen LogP) is 3.09. The third-order valence-electron chi connectivity index (χ3n) is 2.38. The van der Waals surface area contributed by atoms with E-state index in [1.54, 1.807) is 12.1 Å². The number of aromatic nitrogens is 4. The molecule has 0 saturated carbocycles. The van der Waals surface area contributed by atoms with Crippen LogP contribution >= 0.6 is 35.0 Å². The van der Waals surface area contributed by atoms with Crippen LogP contribution in [0.25, 0.3) is 0 Å². The lowest BCUT2D eigenvalue weighted by Gasteiger charge is -2.01. The molecule has 2 aromatic heterocycles. The summed E-state index contributed by atoms with van der Waals surface area (Å²) in [6.07, 6.45) is 1.78. The lowest BCUT2D eigenvalue weighted by Crippen LogP contribution is -1.98. The number of halogens is 2. The zero-order valence-corrected chi connectivity index (χ0v) is 12.4. The van der Waals surface area contributed by atoms with Gasteiger partial charge in [-0.25, -0.2) is 0 Å². The molecule has 100 valence electrons. The van der Waals surface area contributed by atoms with Gasteiger partial charge in [0.1, 0.15) is 0 Å². The Morgan fingerprint density at radius 3 is 1.58 bits per heavy atom. The van der Waals surface area contributed by atoms with Crippen LogP contribution in [0, 0.1) is 0 Å². The van der Waals surface area contributed by atoms with Crippen LogP contribution in [0.2, 0.25) is 10.3 Å². The maximum Gasteiger partial charge on any atom is 0.151 e. The summed E-state index contributed by atoms with van der Waals surface area (Å²) in [5.74, 6) is 1.99. The molecule has 0 aliphatic heterocycles. The van der Waals surface area contributed by atoms with Gasteiger partial charge in [-0.15, -0.1) is 10.2 Å². The largest absolute Gasteiger partial charge is 0.161 e. The highest BCUT2D eigenvalue weighted by Gasteiger charge is 1.99. The summed E-state index contributed by atoms with van der Waals surface area (Å²) >= 11 is 13.2. The average Bonchev–Trinajstić information content (AvgIpc) is 2.43. The molecule has 0 aromatic carbocycles. The second-order valence-corrected chi connectivity index (χ2v) is 5.81. The maximum atomic E-state index is 5.67. The minimum Gasteiger partial charge on any atom is -0.161 e. The number of rotatable bonds is 6. The van der Waals surface area contributed by atoms with Gasteiger partial charge in [-0.2, -0.15) is 22.0 Å². The van der Waals surface area contributed by atoms with E-state index < -0.39 is 0 Å². The average molecular weight is 315 g/mol. The molecule has 0 bridgehead atoms. The monoisotopic (exact) mass is 314 g/mol. The minimum atomic E-state index is 0.428. The van der Waals surface area contributed by atoms with Crippen molar-refractivity contribution in [3.8, 4) is 0 Å². The molecule has 7 heteroatoms. The van der Waals surface area contributed by atoms with Crippen molar-refractivity contribution in [1.29, 1.82) is 0 Å². The molecular formula is C12H12Cl2N4S. The molecule has 0 aliphatic rings. The first-order valence-electron chi connectivity index (χ1n) is 5.78. The standard InChI is InChI=1S/C12H12Cl2N4S/c13-11-3-1-9(15-17-11)5-7-19-8-6-10-2-4-12(14)18-16-10/h1-4H,5-8H2. The van der Waals surface area contributed by atoms with Crippen molar-refractivity contribution < 1.29 is 0 Å². The number of thioether (sulfide) groups is 1. The van der Waals surface area contributed by atoms with Gasteiger partial charge < -0.3 is 0 Å². The Kier molecular flexibility index (Phi) is 5.82. The first-order chi connectivity index (χ1) is 9.24. The fourth-order valence-electron chi connectivity index (χ4n) is 1.41. The van der Waals surface area contributed by atoms with Gasteiger partial charge in [0.2, 0.25) is 0 Å². The van der Waals surface area contributed by atoms with Crippen molar-refractivity contribution in [3.63, 3.8) is 0 Å². The summed E-state index contributed by atoms with van der Waals surface area (Å²) in [4.78, 5) is 0. The molecule has 0 saturated heterocycles. The maximum absolute atomic E-state index is 5.67. The zero-order valence-electron chi connectivity index (χ0n) is 10.1. The first-order valence-corrected chi connectivity index (χ1v) is 7.69. The quantitative estimate of drug-likeness (QED) is 0.767. The highest BCUT2D eigenvalue weighted by Crippen LogP contribution is 2.09. The summed E-state index contributed by atoms with van der Waals surface area (Å²) < 4.78 is 0. The number of hydrogen-bond acceptors (Lipinski definition) is 5. The fraction of sp³-hybridized carbons (Fsp3) is 0.333. The topological polar surface area (TPSA) is 51.6 Å².